The van der Waals surface area contributed by atoms with Gasteiger partial charge in [0.2, 0.25) is 0 Å². The lowest BCUT2D eigenvalue weighted by atomic mass is 10.1. The van der Waals surface area contributed by atoms with Crippen molar-refractivity contribution in [3.05, 3.63) is 63.1 Å². The number of benzene rings is 2. The van der Waals surface area contributed by atoms with Gasteiger partial charge in [0.15, 0.2) is 0 Å². The largest absolute Gasteiger partial charge is 0.478 e. The summed E-state index contributed by atoms with van der Waals surface area (Å²) in [6.45, 7) is 0.467. The highest BCUT2D eigenvalue weighted by molar-refractivity contribution is 9.10. The smallest absolute Gasteiger partial charge is 0.337 e. The fraction of sp³-hybridized carbons (Fsp3) is 0.188. The summed E-state index contributed by atoms with van der Waals surface area (Å²) in [6, 6.07) is 12.5. The number of halogens is 2. The van der Waals surface area contributed by atoms with Gasteiger partial charge in [0.25, 0.3) is 0 Å². The minimum Gasteiger partial charge on any atom is -0.478 e. The summed E-state index contributed by atoms with van der Waals surface area (Å²) in [7, 11) is 0. The van der Waals surface area contributed by atoms with Crippen LogP contribution in [-0.2, 0) is 6.42 Å². The van der Waals surface area contributed by atoms with Crippen LogP contribution in [0, 0.1) is 0 Å². The van der Waals surface area contributed by atoms with E-state index in [-0.39, 0.29) is 11.6 Å². The second kappa shape index (κ2) is 7.63. The lowest BCUT2D eigenvalue weighted by molar-refractivity contribution is 0.0698. The summed E-state index contributed by atoms with van der Waals surface area (Å²) in [5, 5.41) is 13.0. The van der Waals surface area contributed by atoms with Gasteiger partial charge in [-0.1, -0.05) is 39.7 Å². The topological polar surface area (TPSA) is 75.3 Å². The first kappa shape index (κ1) is 16.8. The van der Waals surface area contributed by atoms with E-state index < -0.39 is 5.97 Å². The van der Waals surface area contributed by atoms with Crippen LogP contribution in [0.3, 0.4) is 0 Å². The molecule has 0 aromatic heterocycles. The average molecular weight is 384 g/mol. The molecule has 4 nitrogen and oxygen atoms in total. The minimum absolute atomic E-state index is 0.149. The van der Waals surface area contributed by atoms with Crippen LogP contribution in [0.25, 0.3) is 0 Å². The SMILES string of the molecule is NC(CNc1ccc(Br)cc1C(=O)O)Cc1cccc(Cl)c1. The summed E-state index contributed by atoms with van der Waals surface area (Å²) in [5.41, 5.74) is 7.91. The van der Waals surface area contributed by atoms with E-state index in [9.17, 15) is 9.90 Å². The molecule has 2 rings (SSSR count). The van der Waals surface area contributed by atoms with Crippen molar-refractivity contribution < 1.29 is 9.90 Å². The molecule has 0 heterocycles. The predicted octanol–water partition coefficient (Wildman–Crippen LogP) is 3.78. The van der Waals surface area contributed by atoms with Crippen LogP contribution in [0.15, 0.2) is 46.9 Å². The number of carbonyl (C=O) groups is 1. The maximum atomic E-state index is 11.2. The van der Waals surface area contributed by atoms with E-state index >= 15 is 0 Å². The number of carboxylic acid groups (broad SMARTS) is 1. The van der Waals surface area contributed by atoms with Crippen molar-refractivity contribution in [3.63, 3.8) is 0 Å². The molecule has 22 heavy (non-hydrogen) atoms. The Labute approximate surface area is 142 Å². The molecule has 0 aliphatic carbocycles. The Bertz CT molecular complexity index is 679. The second-order valence-electron chi connectivity index (χ2n) is 4.97. The summed E-state index contributed by atoms with van der Waals surface area (Å²) >= 11 is 9.21. The Morgan fingerprint density at radius 3 is 2.77 bits per heavy atom. The van der Waals surface area contributed by atoms with Gasteiger partial charge < -0.3 is 16.2 Å². The van der Waals surface area contributed by atoms with Crippen molar-refractivity contribution in [1.82, 2.24) is 0 Å². The number of carboxylic acids is 1. The third-order valence-corrected chi connectivity index (χ3v) is 3.88. The third kappa shape index (κ3) is 4.73. The van der Waals surface area contributed by atoms with Crippen molar-refractivity contribution in [1.29, 1.82) is 0 Å². The van der Waals surface area contributed by atoms with E-state index in [0.717, 1.165) is 10.0 Å². The number of nitrogens with one attached hydrogen (secondary N) is 1. The molecule has 0 amide bonds. The van der Waals surface area contributed by atoms with Gasteiger partial charge in [0, 0.05) is 27.8 Å². The fourth-order valence-corrected chi connectivity index (χ4v) is 2.70. The molecule has 0 saturated heterocycles. The minimum atomic E-state index is -0.979. The molecule has 116 valence electrons. The number of aromatic carboxylic acids is 1. The molecule has 0 saturated carbocycles. The molecule has 2 aromatic rings. The average Bonchev–Trinajstić information content (AvgIpc) is 2.45. The van der Waals surface area contributed by atoms with Gasteiger partial charge in [-0.15, -0.1) is 0 Å². The highest BCUT2D eigenvalue weighted by Crippen LogP contribution is 2.21. The maximum absolute atomic E-state index is 11.2. The van der Waals surface area contributed by atoms with E-state index in [1.165, 1.54) is 0 Å². The molecule has 1 unspecified atom stereocenters. The van der Waals surface area contributed by atoms with Crippen molar-refractivity contribution in [2.24, 2.45) is 5.73 Å². The molecule has 6 heteroatoms. The van der Waals surface area contributed by atoms with Crippen LogP contribution < -0.4 is 11.1 Å². The summed E-state index contributed by atoms with van der Waals surface area (Å²) in [6.07, 6.45) is 0.659. The molecular weight excluding hydrogens is 368 g/mol. The lowest BCUT2D eigenvalue weighted by Crippen LogP contribution is -2.31. The van der Waals surface area contributed by atoms with Gasteiger partial charge in [-0.2, -0.15) is 0 Å². The van der Waals surface area contributed by atoms with Crippen molar-refractivity contribution in [2.75, 3.05) is 11.9 Å². The maximum Gasteiger partial charge on any atom is 0.337 e. The van der Waals surface area contributed by atoms with E-state index in [2.05, 4.69) is 21.2 Å². The first-order chi connectivity index (χ1) is 10.5. The molecule has 0 spiro atoms. The Balaban J connectivity index is 1.99. The standard InChI is InChI=1S/C16H16BrClN2O2/c17-11-4-5-15(14(8-11)16(21)22)20-9-13(19)7-10-2-1-3-12(18)6-10/h1-6,8,13,20H,7,9,19H2,(H,21,22). The highest BCUT2D eigenvalue weighted by Gasteiger charge is 2.12. The van der Waals surface area contributed by atoms with E-state index in [0.29, 0.717) is 23.7 Å². The van der Waals surface area contributed by atoms with Crippen molar-refractivity contribution in [3.8, 4) is 0 Å². The number of anilines is 1. The first-order valence-corrected chi connectivity index (χ1v) is 7.89. The van der Waals surface area contributed by atoms with Gasteiger partial charge in [-0.3, -0.25) is 0 Å². The van der Waals surface area contributed by atoms with Gasteiger partial charge in [-0.05, 0) is 42.3 Å². The zero-order chi connectivity index (χ0) is 16.1. The molecule has 0 aliphatic rings. The number of hydrogen-bond acceptors (Lipinski definition) is 3. The lowest BCUT2D eigenvalue weighted by Gasteiger charge is -2.15. The predicted molar refractivity (Wildman–Crippen MR) is 92.7 cm³/mol. The molecular formula is C16H16BrClN2O2. The quantitative estimate of drug-likeness (QED) is 0.709. The van der Waals surface area contributed by atoms with E-state index in [1.807, 2.05) is 24.3 Å². The number of nitrogens with two attached hydrogens (primary N) is 1. The first-order valence-electron chi connectivity index (χ1n) is 6.72. The van der Waals surface area contributed by atoms with E-state index in [4.69, 9.17) is 17.3 Å². The number of hydrogen-bond donors (Lipinski definition) is 3. The Kier molecular flexibility index (Phi) is 5.83. The zero-order valence-corrected chi connectivity index (χ0v) is 14.1. The van der Waals surface area contributed by atoms with Crippen LogP contribution >= 0.6 is 27.5 Å². The molecule has 1 atom stereocenters. The molecule has 2 aromatic carbocycles. The van der Waals surface area contributed by atoms with E-state index in [1.54, 1.807) is 18.2 Å². The molecule has 0 radical (unpaired) electrons. The normalized spacial score (nSPS) is 12.0. The van der Waals surface area contributed by atoms with Crippen LogP contribution in [0.5, 0.6) is 0 Å². The summed E-state index contributed by atoms with van der Waals surface area (Å²) in [4.78, 5) is 11.2. The van der Waals surface area contributed by atoms with Gasteiger partial charge >= 0.3 is 5.97 Å². The highest BCUT2D eigenvalue weighted by atomic mass is 79.9. The second-order valence-corrected chi connectivity index (χ2v) is 6.32. The Hall–Kier alpha value is -1.56. The molecule has 4 N–H and O–H groups in total. The summed E-state index contributed by atoms with van der Waals surface area (Å²) in [5.74, 6) is -0.979. The molecule has 0 aliphatic heterocycles. The van der Waals surface area contributed by atoms with Crippen LogP contribution in [0.2, 0.25) is 5.02 Å². The summed E-state index contributed by atoms with van der Waals surface area (Å²) < 4.78 is 0.721. The third-order valence-electron chi connectivity index (χ3n) is 3.15. The Morgan fingerprint density at radius 1 is 1.32 bits per heavy atom. The Morgan fingerprint density at radius 2 is 2.09 bits per heavy atom. The van der Waals surface area contributed by atoms with Gasteiger partial charge in [-0.25, -0.2) is 4.79 Å². The molecule has 0 fully saturated rings. The van der Waals surface area contributed by atoms with Crippen LogP contribution in [0.4, 0.5) is 5.69 Å². The monoisotopic (exact) mass is 382 g/mol. The van der Waals surface area contributed by atoms with Crippen LogP contribution in [0.1, 0.15) is 15.9 Å². The zero-order valence-electron chi connectivity index (χ0n) is 11.7. The molecule has 0 bridgehead atoms. The van der Waals surface area contributed by atoms with Crippen molar-refractivity contribution >= 4 is 39.2 Å². The fourth-order valence-electron chi connectivity index (χ4n) is 2.13. The van der Waals surface area contributed by atoms with Gasteiger partial charge in [0.1, 0.15) is 0 Å². The van der Waals surface area contributed by atoms with Crippen molar-refractivity contribution in [2.45, 2.75) is 12.5 Å². The van der Waals surface area contributed by atoms with Gasteiger partial charge in [0.05, 0.1) is 5.56 Å². The van der Waals surface area contributed by atoms with Crippen LogP contribution in [-0.4, -0.2) is 23.7 Å². The number of rotatable bonds is 6.